The number of carbonyl (C=O) groups is 1. The minimum absolute atomic E-state index is 0.00254. The van der Waals surface area contributed by atoms with Crippen molar-refractivity contribution < 1.29 is 9.53 Å². The van der Waals surface area contributed by atoms with Crippen LogP contribution in [0.2, 0.25) is 0 Å². The van der Waals surface area contributed by atoms with Gasteiger partial charge in [-0.25, -0.2) is 15.0 Å². The van der Waals surface area contributed by atoms with Crippen LogP contribution in [-0.2, 0) is 18.8 Å². The van der Waals surface area contributed by atoms with Crippen LogP contribution in [0.25, 0.3) is 44.0 Å². The highest BCUT2D eigenvalue weighted by Gasteiger charge is 2.23. The number of aromatic nitrogens is 7. The molecule has 1 amide bonds. The first-order chi connectivity index (χ1) is 16.1. The van der Waals surface area contributed by atoms with E-state index in [0.29, 0.717) is 42.7 Å². The maximum atomic E-state index is 13.1. The van der Waals surface area contributed by atoms with E-state index >= 15 is 0 Å². The molecule has 1 saturated heterocycles. The summed E-state index contributed by atoms with van der Waals surface area (Å²) in [6.07, 6.45) is 5.38. The van der Waals surface area contributed by atoms with Gasteiger partial charge < -0.3 is 9.64 Å². The molecule has 0 spiro atoms. The summed E-state index contributed by atoms with van der Waals surface area (Å²) in [5.41, 5.74) is 3.04. The zero-order chi connectivity index (χ0) is 22.5. The molecule has 0 aliphatic carbocycles. The standard InChI is InChI=1S/C22H20N8O2S/c1-28-12-14-9-13(11-23-19(14)27-28)20-25-18(16-3-4-24-29(16)2)15-10-17(33-21(15)26-20)22(31)30-5-7-32-8-6-30/h3-4,9-12H,5-8H2,1-2H3. The molecule has 0 saturated carbocycles. The quantitative estimate of drug-likeness (QED) is 0.407. The molecular formula is C22H20N8O2S. The number of morpholine rings is 1. The molecule has 11 heteroatoms. The van der Waals surface area contributed by atoms with Crippen molar-refractivity contribution in [3.05, 3.63) is 41.7 Å². The zero-order valence-electron chi connectivity index (χ0n) is 18.1. The fraction of sp³-hybridized carbons (Fsp3) is 0.273. The molecule has 33 heavy (non-hydrogen) atoms. The van der Waals surface area contributed by atoms with Gasteiger partial charge in [-0.05, 0) is 18.2 Å². The Hall–Kier alpha value is -3.70. The van der Waals surface area contributed by atoms with E-state index in [9.17, 15) is 4.79 Å². The molecule has 6 heterocycles. The molecule has 166 valence electrons. The summed E-state index contributed by atoms with van der Waals surface area (Å²) in [7, 11) is 3.74. The van der Waals surface area contributed by atoms with Crippen molar-refractivity contribution in [3.8, 4) is 22.8 Å². The van der Waals surface area contributed by atoms with E-state index in [-0.39, 0.29) is 5.91 Å². The first-order valence-corrected chi connectivity index (χ1v) is 11.4. The number of aryl methyl sites for hydroxylation is 2. The smallest absolute Gasteiger partial charge is 0.264 e. The lowest BCUT2D eigenvalue weighted by Crippen LogP contribution is -2.40. The van der Waals surface area contributed by atoms with E-state index < -0.39 is 0 Å². The molecule has 0 bridgehead atoms. The third-order valence-electron chi connectivity index (χ3n) is 5.70. The average Bonchev–Trinajstić information content (AvgIpc) is 3.55. The molecule has 1 fully saturated rings. The van der Waals surface area contributed by atoms with Crippen LogP contribution in [0.5, 0.6) is 0 Å². The van der Waals surface area contributed by atoms with Gasteiger partial charge in [-0.2, -0.15) is 10.2 Å². The minimum Gasteiger partial charge on any atom is -0.378 e. The highest BCUT2D eigenvalue weighted by molar-refractivity contribution is 7.20. The van der Waals surface area contributed by atoms with Gasteiger partial charge in [0.1, 0.15) is 10.5 Å². The number of hydrogen-bond donors (Lipinski definition) is 0. The van der Waals surface area contributed by atoms with Crippen LogP contribution in [0.3, 0.4) is 0 Å². The monoisotopic (exact) mass is 460 g/mol. The number of fused-ring (bicyclic) bond motifs is 2. The zero-order valence-corrected chi connectivity index (χ0v) is 18.9. The van der Waals surface area contributed by atoms with Crippen molar-refractivity contribution in [1.82, 2.24) is 39.4 Å². The Balaban J connectivity index is 1.51. The summed E-state index contributed by atoms with van der Waals surface area (Å²) in [6, 6.07) is 5.79. The Morgan fingerprint density at radius 1 is 1.15 bits per heavy atom. The Kier molecular flexibility index (Phi) is 4.66. The number of hydrogen-bond acceptors (Lipinski definition) is 8. The van der Waals surface area contributed by atoms with Gasteiger partial charge in [0.15, 0.2) is 11.5 Å². The van der Waals surface area contributed by atoms with E-state index in [4.69, 9.17) is 14.7 Å². The second-order valence-electron chi connectivity index (χ2n) is 7.91. The molecule has 5 aromatic rings. The predicted molar refractivity (Wildman–Crippen MR) is 124 cm³/mol. The second kappa shape index (κ2) is 7.71. The van der Waals surface area contributed by atoms with Crippen LogP contribution in [0, 0.1) is 0 Å². The van der Waals surface area contributed by atoms with Gasteiger partial charge in [0.2, 0.25) is 0 Å². The Morgan fingerprint density at radius 2 is 2.00 bits per heavy atom. The lowest BCUT2D eigenvalue weighted by atomic mass is 10.1. The topological polar surface area (TPSA) is 104 Å². The summed E-state index contributed by atoms with van der Waals surface area (Å²) in [4.78, 5) is 30.5. The third-order valence-corrected chi connectivity index (χ3v) is 6.71. The normalized spacial score (nSPS) is 14.4. The molecule has 0 unspecified atom stereocenters. The summed E-state index contributed by atoms with van der Waals surface area (Å²) in [5.74, 6) is 0.543. The van der Waals surface area contributed by atoms with Crippen LogP contribution in [0.4, 0.5) is 0 Å². The van der Waals surface area contributed by atoms with Crippen LogP contribution in [-0.4, -0.2) is 71.6 Å². The van der Waals surface area contributed by atoms with E-state index in [1.54, 1.807) is 21.8 Å². The van der Waals surface area contributed by atoms with Crippen LogP contribution in [0.1, 0.15) is 9.67 Å². The van der Waals surface area contributed by atoms with Gasteiger partial charge in [0.05, 0.1) is 23.8 Å². The maximum Gasteiger partial charge on any atom is 0.264 e. The van der Waals surface area contributed by atoms with E-state index in [1.165, 1.54) is 11.3 Å². The number of ether oxygens (including phenoxy) is 1. The minimum atomic E-state index is -0.00254. The highest BCUT2D eigenvalue weighted by atomic mass is 32.1. The largest absolute Gasteiger partial charge is 0.378 e. The molecule has 0 radical (unpaired) electrons. The number of amides is 1. The van der Waals surface area contributed by atoms with Crippen molar-refractivity contribution in [2.45, 2.75) is 0 Å². The highest BCUT2D eigenvalue weighted by Crippen LogP contribution is 2.34. The van der Waals surface area contributed by atoms with Crippen LogP contribution in [0.15, 0.2) is 36.8 Å². The maximum absolute atomic E-state index is 13.1. The predicted octanol–water partition coefficient (Wildman–Crippen LogP) is 2.51. The fourth-order valence-corrected chi connectivity index (χ4v) is 5.03. The van der Waals surface area contributed by atoms with E-state index in [1.807, 2.05) is 43.4 Å². The molecule has 5 aromatic heterocycles. The molecular weight excluding hydrogens is 440 g/mol. The molecule has 6 rings (SSSR count). The number of thiophene rings is 1. The van der Waals surface area contributed by atoms with Crippen molar-refractivity contribution in [2.75, 3.05) is 26.3 Å². The Bertz CT molecular complexity index is 1510. The van der Waals surface area contributed by atoms with E-state index in [0.717, 1.165) is 32.6 Å². The van der Waals surface area contributed by atoms with Gasteiger partial charge in [-0.15, -0.1) is 11.3 Å². The van der Waals surface area contributed by atoms with Crippen LogP contribution >= 0.6 is 11.3 Å². The third kappa shape index (κ3) is 3.45. The summed E-state index contributed by atoms with van der Waals surface area (Å²) >= 11 is 1.38. The second-order valence-corrected chi connectivity index (χ2v) is 8.94. The Morgan fingerprint density at radius 3 is 2.79 bits per heavy atom. The molecule has 0 N–H and O–H groups in total. The van der Waals surface area contributed by atoms with Gasteiger partial charge in [-0.3, -0.25) is 14.2 Å². The average molecular weight is 461 g/mol. The molecule has 1 aliphatic rings. The summed E-state index contributed by atoms with van der Waals surface area (Å²) in [6.45, 7) is 2.31. The SMILES string of the molecule is Cn1cc2cc(-c3nc(-c4ccnn4C)c4cc(C(=O)N5CCOCC5)sc4n3)cnc2n1. The molecule has 0 aromatic carbocycles. The van der Waals surface area contributed by atoms with Crippen molar-refractivity contribution in [2.24, 2.45) is 14.1 Å². The fourth-order valence-electron chi connectivity index (χ4n) is 4.03. The van der Waals surface area contributed by atoms with Crippen molar-refractivity contribution in [3.63, 3.8) is 0 Å². The molecule has 0 atom stereocenters. The molecule has 10 nitrogen and oxygen atoms in total. The summed E-state index contributed by atoms with van der Waals surface area (Å²) in [5, 5.41) is 10.4. The van der Waals surface area contributed by atoms with Crippen molar-refractivity contribution >= 4 is 38.5 Å². The van der Waals surface area contributed by atoms with Gasteiger partial charge >= 0.3 is 0 Å². The first kappa shape index (κ1) is 19.9. The van der Waals surface area contributed by atoms with Crippen LogP contribution < -0.4 is 0 Å². The Labute approximate surface area is 192 Å². The first-order valence-electron chi connectivity index (χ1n) is 10.5. The molecule has 1 aliphatic heterocycles. The van der Waals surface area contributed by atoms with Crippen molar-refractivity contribution in [1.29, 1.82) is 0 Å². The van der Waals surface area contributed by atoms with Gasteiger partial charge in [0.25, 0.3) is 5.91 Å². The number of nitrogens with zero attached hydrogens (tertiary/aromatic N) is 8. The number of carbonyl (C=O) groups excluding carboxylic acids is 1. The lowest BCUT2D eigenvalue weighted by molar-refractivity contribution is 0.0306. The lowest BCUT2D eigenvalue weighted by Gasteiger charge is -2.26. The summed E-state index contributed by atoms with van der Waals surface area (Å²) < 4.78 is 8.89. The number of rotatable bonds is 3. The van der Waals surface area contributed by atoms with Gasteiger partial charge in [0, 0.05) is 62.1 Å². The van der Waals surface area contributed by atoms with Gasteiger partial charge in [-0.1, -0.05) is 0 Å². The number of pyridine rings is 1. The van der Waals surface area contributed by atoms with E-state index in [2.05, 4.69) is 15.2 Å².